The van der Waals surface area contributed by atoms with Crippen molar-refractivity contribution < 1.29 is 13.2 Å². The number of benzene rings is 1. The van der Waals surface area contributed by atoms with Crippen molar-refractivity contribution in [3.05, 3.63) is 28.2 Å². The summed E-state index contributed by atoms with van der Waals surface area (Å²) in [7, 11) is -3.67. The summed E-state index contributed by atoms with van der Waals surface area (Å²) < 4.78 is 27.8. The van der Waals surface area contributed by atoms with Gasteiger partial charge < -0.3 is 11.1 Å². The maximum absolute atomic E-state index is 12.3. The number of halogens is 1. The van der Waals surface area contributed by atoms with E-state index in [2.05, 4.69) is 26.0 Å². The first-order valence-electron chi connectivity index (χ1n) is 6.22. The second kappa shape index (κ2) is 6.21. The van der Waals surface area contributed by atoms with Crippen molar-refractivity contribution in [1.29, 1.82) is 0 Å². The SMILES string of the molecule is NC(=O)c1cc(Br)cc(S(=O)(=O)NC2CCCNC2)c1. The zero-order valence-electron chi connectivity index (χ0n) is 10.7. The number of sulfonamides is 1. The minimum Gasteiger partial charge on any atom is -0.366 e. The zero-order valence-corrected chi connectivity index (χ0v) is 13.1. The second-order valence-electron chi connectivity index (χ2n) is 4.70. The first-order chi connectivity index (χ1) is 9.38. The minimum atomic E-state index is -3.67. The lowest BCUT2D eigenvalue weighted by atomic mass is 10.1. The normalized spacial score (nSPS) is 19.8. The minimum absolute atomic E-state index is 0.0336. The third kappa shape index (κ3) is 3.78. The van der Waals surface area contributed by atoms with E-state index in [-0.39, 0.29) is 16.5 Å². The predicted octanol–water partition coefficient (Wildman–Crippen LogP) is 0.578. The van der Waals surface area contributed by atoms with Crippen molar-refractivity contribution in [3.63, 3.8) is 0 Å². The molecule has 110 valence electrons. The van der Waals surface area contributed by atoms with Crippen LogP contribution < -0.4 is 15.8 Å². The van der Waals surface area contributed by atoms with Crippen molar-refractivity contribution in [1.82, 2.24) is 10.0 Å². The van der Waals surface area contributed by atoms with Crippen LogP contribution in [0.5, 0.6) is 0 Å². The lowest BCUT2D eigenvalue weighted by Gasteiger charge is -2.23. The molecule has 0 aromatic heterocycles. The largest absolute Gasteiger partial charge is 0.366 e. The average Bonchev–Trinajstić information content (AvgIpc) is 2.38. The van der Waals surface area contributed by atoms with E-state index in [0.717, 1.165) is 19.4 Å². The highest BCUT2D eigenvalue weighted by Crippen LogP contribution is 2.20. The van der Waals surface area contributed by atoms with Gasteiger partial charge in [-0.3, -0.25) is 4.79 Å². The second-order valence-corrected chi connectivity index (χ2v) is 7.33. The van der Waals surface area contributed by atoms with Gasteiger partial charge in [0.1, 0.15) is 0 Å². The lowest BCUT2D eigenvalue weighted by Crippen LogP contribution is -2.45. The predicted molar refractivity (Wildman–Crippen MR) is 78.9 cm³/mol. The number of piperidine rings is 1. The highest BCUT2D eigenvalue weighted by atomic mass is 79.9. The molecule has 0 spiro atoms. The molecule has 1 fully saturated rings. The molecular formula is C12H16BrN3O3S. The zero-order chi connectivity index (χ0) is 14.8. The van der Waals surface area contributed by atoms with Crippen molar-refractivity contribution in [3.8, 4) is 0 Å². The van der Waals surface area contributed by atoms with Crippen LogP contribution in [0, 0.1) is 0 Å². The van der Waals surface area contributed by atoms with E-state index in [1.807, 2.05) is 0 Å². The first-order valence-corrected chi connectivity index (χ1v) is 8.49. The molecule has 1 aliphatic heterocycles. The molecule has 1 saturated heterocycles. The molecule has 1 aromatic carbocycles. The van der Waals surface area contributed by atoms with E-state index in [9.17, 15) is 13.2 Å². The van der Waals surface area contributed by atoms with Gasteiger partial charge in [0.15, 0.2) is 0 Å². The maximum Gasteiger partial charge on any atom is 0.248 e. The number of carbonyl (C=O) groups is 1. The molecule has 1 aromatic rings. The molecule has 1 atom stereocenters. The molecule has 0 radical (unpaired) electrons. The molecule has 1 unspecified atom stereocenters. The van der Waals surface area contributed by atoms with Crippen LogP contribution >= 0.6 is 15.9 Å². The Balaban J connectivity index is 2.26. The maximum atomic E-state index is 12.3. The van der Waals surface area contributed by atoms with Gasteiger partial charge in [-0.2, -0.15) is 0 Å². The smallest absolute Gasteiger partial charge is 0.248 e. The molecule has 20 heavy (non-hydrogen) atoms. The van der Waals surface area contributed by atoms with Crippen molar-refractivity contribution >= 4 is 31.9 Å². The number of amides is 1. The topological polar surface area (TPSA) is 101 Å². The van der Waals surface area contributed by atoms with Gasteiger partial charge in [0.2, 0.25) is 15.9 Å². The van der Waals surface area contributed by atoms with Crippen molar-refractivity contribution in [2.45, 2.75) is 23.8 Å². The lowest BCUT2D eigenvalue weighted by molar-refractivity contribution is 0.1000. The van der Waals surface area contributed by atoms with E-state index < -0.39 is 15.9 Å². The number of hydrogen-bond donors (Lipinski definition) is 3. The van der Waals surface area contributed by atoms with Crippen LogP contribution in [0.3, 0.4) is 0 Å². The molecule has 1 amide bonds. The summed E-state index contributed by atoms with van der Waals surface area (Å²) in [5.74, 6) is -0.665. The Kier molecular flexibility index (Phi) is 4.79. The third-order valence-electron chi connectivity index (χ3n) is 3.08. The van der Waals surface area contributed by atoms with Crippen LogP contribution in [0.15, 0.2) is 27.6 Å². The molecule has 2 rings (SSSR count). The van der Waals surface area contributed by atoms with Crippen LogP contribution in [-0.2, 0) is 10.0 Å². The summed E-state index contributed by atoms with van der Waals surface area (Å²) in [4.78, 5) is 11.2. The molecular weight excluding hydrogens is 346 g/mol. The third-order valence-corrected chi connectivity index (χ3v) is 5.04. The fraction of sp³-hybridized carbons (Fsp3) is 0.417. The number of hydrogen-bond acceptors (Lipinski definition) is 4. The number of primary amides is 1. The van der Waals surface area contributed by atoms with Crippen LogP contribution in [0.25, 0.3) is 0 Å². The molecule has 0 bridgehead atoms. The van der Waals surface area contributed by atoms with E-state index in [4.69, 9.17) is 5.73 Å². The van der Waals surface area contributed by atoms with Gasteiger partial charge in [0, 0.05) is 22.6 Å². The van der Waals surface area contributed by atoms with E-state index in [0.29, 0.717) is 11.0 Å². The van der Waals surface area contributed by atoms with Gasteiger partial charge >= 0.3 is 0 Å². The molecule has 1 aliphatic rings. The Labute approximate surface area is 126 Å². The summed E-state index contributed by atoms with van der Waals surface area (Å²) in [5, 5.41) is 3.14. The highest BCUT2D eigenvalue weighted by molar-refractivity contribution is 9.10. The average molecular weight is 362 g/mol. The fourth-order valence-electron chi connectivity index (χ4n) is 2.10. The Morgan fingerprint density at radius 1 is 1.40 bits per heavy atom. The van der Waals surface area contributed by atoms with Crippen LogP contribution in [0.4, 0.5) is 0 Å². The van der Waals surface area contributed by atoms with Gasteiger partial charge in [-0.25, -0.2) is 13.1 Å². The van der Waals surface area contributed by atoms with Gasteiger partial charge in [0.05, 0.1) is 4.90 Å². The van der Waals surface area contributed by atoms with Gasteiger partial charge in [0.25, 0.3) is 0 Å². The van der Waals surface area contributed by atoms with Gasteiger partial charge in [-0.05, 0) is 37.6 Å². The summed E-state index contributed by atoms with van der Waals surface area (Å²) in [6, 6.07) is 4.09. The molecule has 1 heterocycles. The van der Waals surface area contributed by atoms with Crippen molar-refractivity contribution in [2.75, 3.05) is 13.1 Å². The van der Waals surface area contributed by atoms with E-state index in [1.165, 1.54) is 18.2 Å². The quantitative estimate of drug-likeness (QED) is 0.729. The molecule has 0 saturated carbocycles. The highest BCUT2D eigenvalue weighted by Gasteiger charge is 2.22. The number of carbonyl (C=O) groups excluding carboxylic acids is 1. The molecule has 0 aliphatic carbocycles. The Morgan fingerprint density at radius 2 is 2.15 bits per heavy atom. The number of rotatable bonds is 4. The summed E-state index contributed by atoms with van der Waals surface area (Å²) in [6.07, 6.45) is 1.72. The number of nitrogens with one attached hydrogen (secondary N) is 2. The van der Waals surface area contributed by atoms with Crippen LogP contribution in [0.2, 0.25) is 0 Å². The molecule has 6 nitrogen and oxygen atoms in total. The molecule has 8 heteroatoms. The summed E-state index contributed by atoms with van der Waals surface area (Å²) >= 11 is 3.19. The fourth-order valence-corrected chi connectivity index (χ4v) is 4.09. The standard InChI is InChI=1S/C12H16BrN3O3S/c13-9-4-8(12(14)17)5-11(6-9)20(18,19)16-10-2-1-3-15-7-10/h4-6,10,15-16H,1-3,7H2,(H2,14,17). The molecule has 4 N–H and O–H groups in total. The number of nitrogens with two attached hydrogens (primary N) is 1. The van der Waals surface area contributed by atoms with E-state index in [1.54, 1.807) is 0 Å². The summed E-state index contributed by atoms with van der Waals surface area (Å²) in [5.41, 5.74) is 5.35. The first kappa shape index (κ1) is 15.4. The van der Waals surface area contributed by atoms with Crippen LogP contribution in [-0.4, -0.2) is 33.5 Å². The summed E-state index contributed by atoms with van der Waals surface area (Å²) in [6.45, 7) is 1.51. The van der Waals surface area contributed by atoms with Gasteiger partial charge in [-0.1, -0.05) is 15.9 Å². The van der Waals surface area contributed by atoms with Crippen molar-refractivity contribution in [2.24, 2.45) is 5.73 Å². The van der Waals surface area contributed by atoms with Crippen LogP contribution in [0.1, 0.15) is 23.2 Å². The van der Waals surface area contributed by atoms with Gasteiger partial charge in [-0.15, -0.1) is 0 Å². The monoisotopic (exact) mass is 361 g/mol. The van der Waals surface area contributed by atoms with E-state index >= 15 is 0 Å². The Hall–Kier alpha value is -0.960. The Morgan fingerprint density at radius 3 is 2.75 bits per heavy atom. The Bertz CT molecular complexity index is 612.